The van der Waals surface area contributed by atoms with Gasteiger partial charge in [0.2, 0.25) is 0 Å². The summed E-state index contributed by atoms with van der Waals surface area (Å²) in [5, 5.41) is 7.32. The van der Waals surface area contributed by atoms with Crippen LogP contribution in [0.15, 0.2) is 24.3 Å². The quantitative estimate of drug-likeness (QED) is 0.916. The molecule has 1 aromatic heterocycles. The van der Waals surface area contributed by atoms with E-state index in [1.165, 1.54) is 0 Å². The summed E-state index contributed by atoms with van der Waals surface area (Å²) in [7, 11) is 3.45. The highest BCUT2D eigenvalue weighted by atomic mass is 16.5. The van der Waals surface area contributed by atoms with Crippen LogP contribution in [0.2, 0.25) is 0 Å². The van der Waals surface area contributed by atoms with Gasteiger partial charge in [-0.15, -0.1) is 0 Å². The van der Waals surface area contributed by atoms with Gasteiger partial charge in [0.05, 0.1) is 12.8 Å². The lowest BCUT2D eigenvalue weighted by Crippen LogP contribution is -2.22. The van der Waals surface area contributed by atoms with E-state index in [2.05, 4.69) is 10.4 Å². The second-order valence-corrected chi connectivity index (χ2v) is 5.26. The predicted molar refractivity (Wildman–Crippen MR) is 82.4 cm³/mol. The van der Waals surface area contributed by atoms with Crippen molar-refractivity contribution >= 4 is 11.7 Å². The van der Waals surface area contributed by atoms with E-state index in [0.717, 1.165) is 42.1 Å². The number of nitrogens with one attached hydrogen (secondary N) is 1. The molecule has 6 heteroatoms. The second-order valence-electron chi connectivity index (χ2n) is 5.26. The highest BCUT2D eigenvalue weighted by Gasteiger charge is 2.22. The van der Waals surface area contributed by atoms with E-state index >= 15 is 0 Å². The molecule has 0 saturated carbocycles. The Kier molecular flexibility index (Phi) is 4.00. The minimum atomic E-state index is -0.187. The normalized spacial score (nSPS) is 12.8. The maximum Gasteiger partial charge on any atom is 0.263 e. The second kappa shape index (κ2) is 6.09. The van der Waals surface area contributed by atoms with Gasteiger partial charge in [0.25, 0.3) is 5.91 Å². The Balaban J connectivity index is 1.58. The van der Waals surface area contributed by atoms with Crippen LogP contribution in [0.4, 0.5) is 5.82 Å². The zero-order chi connectivity index (χ0) is 15.5. The van der Waals surface area contributed by atoms with Crippen LogP contribution in [-0.2, 0) is 24.7 Å². The monoisotopic (exact) mass is 301 g/mol. The number of aromatic nitrogens is 2. The molecule has 0 radical (unpaired) electrons. The number of rotatable bonds is 5. The van der Waals surface area contributed by atoms with Gasteiger partial charge in [-0.25, -0.2) is 0 Å². The van der Waals surface area contributed by atoms with E-state index in [1.807, 2.05) is 7.05 Å². The van der Waals surface area contributed by atoms with Crippen LogP contribution in [0.5, 0.6) is 11.5 Å². The molecule has 3 rings (SSSR count). The first-order valence-corrected chi connectivity index (χ1v) is 7.29. The molecule has 0 saturated heterocycles. The lowest BCUT2D eigenvalue weighted by Gasteiger charge is -2.09. The number of ether oxygens (including phenoxy) is 2. The number of anilines is 1. The number of carbonyl (C=O) groups is 1. The summed E-state index contributed by atoms with van der Waals surface area (Å²) in [6, 6.07) is 7.13. The van der Waals surface area contributed by atoms with Crippen LogP contribution < -0.4 is 14.8 Å². The van der Waals surface area contributed by atoms with Crippen molar-refractivity contribution in [2.24, 2.45) is 7.05 Å². The number of aryl methyl sites for hydroxylation is 2. The first-order chi connectivity index (χ1) is 10.7. The number of hydrogen-bond donors (Lipinski definition) is 1. The number of nitrogens with zero attached hydrogens (tertiary/aromatic N) is 2. The Morgan fingerprint density at radius 3 is 2.73 bits per heavy atom. The van der Waals surface area contributed by atoms with E-state index < -0.39 is 0 Å². The number of methoxy groups -OCH3 is 1. The van der Waals surface area contributed by atoms with Crippen molar-refractivity contribution in [3.8, 4) is 11.5 Å². The van der Waals surface area contributed by atoms with Crippen molar-refractivity contribution in [3.05, 3.63) is 35.5 Å². The maximum atomic E-state index is 12.1. The fraction of sp³-hybridized carbons (Fsp3) is 0.375. The van der Waals surface area contributed by atoms with Crippen LogP contribution >= 0.6 is 0 Å². The molecule has 22 heavy (non-hydrogen) atoms. The Morgan fingerprint density at radius 2 is 2.00 bits per heavy atom. The standard InChI is InChI=1S/C16H19N3O3/c1-19-16(13-4-3-5-14(13)18-19)17-15(20)10-22-12-8-6-11(21-2)7-9-12/h6-9H,3-5,10H2,1-2H3,(H,17,20). The molecule has 6 nitrogen and oxygen atoms in total. The largest absolute Gasteiger partial charge is 0.497 e. The molecule has 2 aromatic rings. The molecule has 0 bridgehead atoms. The topological polar surface area (TPSA) is 65.4 Å². The van der Waals surface area contributed by atoms with Crippen LogP contribution in [0.1, 0.15) is 17.7 Å². The first kappa shape index (κ1) is 14.4. The summed E-state index contributed by atoms with van der Waals surface area (Å²) < 4.78 is 12.3. The van der Waals surface area contributed by atoms with E-state index in [4.69, 9.17) is 9.47 Å². The van der Waals surface area contributed by atoms with Crippen molar-refractivity contribution < 1.29 is 14.3 Å². The molecular formula is C16H19N3O3. The minimum Gasteiger partial charge on any atom is -0.497 e. The van der Waals surface area contributed by atoms with E-state index in [0.29, 0.717) is 5.75 Å². The maximum absolute atomic E-state index is 12.1. The van der Waals surface area contributed by atoms with Gasteiger partial charge in [0, 0.05) is 12.6 Å². The molecule has 1 amide bonds. The van der Waals surface area contributed by atoms with Gasteiger partial charge in [-0.2, -0.15) is 5.10 Å². The number of hydrogen-bond acceptors (Lipinski definition) is 4. The van der Waals surface area contributed by atoms with Crippen LogP contribution in [0, 0.1) is 0 Å². The fourth-order valence-electron chi connectivity index (χ4n) is 2.66. The average molecular weight is 301 g/mol. The molecule has 0 aliphatic heterocycles. The van der Waals surface area contributed by atoms with Gasteiger partial charge in [-0.3, -0.25) is 9.48 Å². The Labute approximate surface area is 129 Å². The van der Waals surface area contributed by atoms with Crippen molar-refractivity contribution in [3.63, 3.8) is 0 Å². The summed E-state index contributed by atoms with van der Waals surface area (Å²) in [4.78, 5) is 12.1. The minimum absolute atomic E-state index is 0.0354. The summed E-state index contributed by atoms with van der Waals surface area (Å²) in [5.41, 5.74) is 2.24. The van der Waals surface area contributed by atoms with Crippen molar-refractivity contribution in [2.75, 3.05) is 19.0 Å². The van der Waals surface area contributed by atoms with Crippen molar-refractivity contribution in [1.82, 2.24) is 9.78 Å². The number of fused-ring (bicyclic) bond motifs is 1. The number of amides is 1. The summed E-state index contributed by atoms with van der Waals surface area (Å²) in [6.07, 6.45) is 3.06. The third-order valence-electron chi connectivity index (χ3n) is 3.76. The third kappa shape index (κ3) is 2.90. The Bertz CT molecular complexity index is 677. The molecule has 1 aliphatic carbocycles. The molecule has 0 unspecified atom stereocenters. The highest BCUT2D eigenvalue weighted by molar-refractivity contribution is 5.92. The molecule has 116 valence electrons. The summed E-state index contributed by atoms with van der Waals surface area (Å²) >= 11 is 0. The van der Waals surface area contributed by atoms with E-state index in [9.17, 15) is 4.79 Å². The third-order valence-corrected chi connectivity index (χ3v) is 3.76. The molecule has 1 aromatic carbocycles. The van der Waals surface area contributed by atoms with Gasteiger partial charge >= 0.3 is 0 Å². The first-order valence-electron chi connectivity index (χ1n) is 7.29. The molecule has 0 fully saturated rings. The molecule has 1 heterocycles. The molecular weight excluding hydrogens is 282 g/mol. The molecule has 0 atom stereocenters. The lowest BCUT2D eigenvalue weighted by molar-refractivity contribution is -0.118. The summed E-state index contributed by atoms with van der Waals surface area (Å²) in [5.74, 6) is 1.98. The SMILES string of the molecule is COc1ccc(OCC(=O)Nc2c3c(nn2C)CCC3)cc1. The number of benzene rings is 1. The molecule has 0 spiro atoms. The van der Waals surface area contributed by atoms with Gasteiger partial charge in [0.1, 0.15) is 17.3 Å². The smallest absolute Gasteiger partial charge is 0.263 e. The lowest BCUT2D eigenvalue weighted by atomic mass is 10.2. The van der Waals surface area contributed by atoms with Gasteiger partial charge < -0.3 is 14.8 Å². The molecule has 1 aliphatic rings. The van der Waals surface area contributed by atoms with Gasteiger partial charge in [0.15, 0.2) is 6.61 Å². The van der Waals surface area contributed by atoms with Crippen molar-refractivity contribution in [2.45, 2.75) is 19.3 Å². The average Bonchev–Trinajstić information content (AvgIpc) is 3.09. The van der Waals surface area contributed by atoms with Crippen LogP contribution in [-0.4, -0.2) is 29.4 Å². The Hall–Kier alpha value is -2.50. The van der Waals surface area contributed by atoms with E-state index in [-0.39, 0.29) is 12.5 Å². The zero-order valence-corrected chi connectivity index (χ0v) is 12.8. The van der Waals surface area contributed by atoms with E-state index in [1.54, 1.807) is 36.1 Å². The number of carbonyl (C=O) groups excluding carboxylic acids is 1. The van der Waals surface area contributed by atoms with Crippen LogP contribution in [0.25, 0.3) is 0 Å². The summed E-state index contributed by atoms with van der Waals surface area (Å²) in [6.45, 7) is -0.0354. The highest BCUT2D eigenvalue weighted by Crippen LogP contribution is 2.27. The Morgan fingerprint density at radius 1 is 1.27 bits per heavy atom. The zero-order valence-electron chi connectivity index (χ0n) is 12.8. The fourth-order valence-corrected chi connectivity index (χ4v) is 2.66. The van der Waals surface area contributed by atoms with Crippen molar-refractivity contribution in [1.29, 1.82) is 0 Å². The van der Waals surface area contributed by atoms with Crippen LogP contribution in [0.3, 0.4) is 0 Å². The van der Waals surface area contributed by atoms with Gasteiger partial charge in [-0.05, 0) is 43.5 Å². The molecule has 1 N–H and O–H groups in total. The van der Waals surface area contributed by atoms with Gasteiger partial charge in [-0.1, -0.05) is 0 Å². The predicted octanol–water partition coefficient (Wildman–Crippen LogP) is 1.93.